The first-order chi connectivity index (χ1) is 17.3. The first kappa shape index (κ1) is 23.4. The van der Waals surface area contributed by atoms with Crippen molar-refractivity contribution in [2.45, 2.75) is 43.3 Å². The lowest BCUT2D eigenvalue weighted by atomic mass is 9.92. The molecular weight excluding hydrogens is 468 g/mol. The first-order valence-electron chi connectivity index (χ1n) is 12.6. The van der Waals surface area contributed by atoms with E-state index in [0.29, 0.717) is 17.0 Å². The molecule has 36 heavy (non-hydrogen) atoms. The van der Waals surface area contributed by atoms with Gasteiger partial charge in [0.25, 0.3) is 0 Å². The number of piperidine rings is 2. The van der Waals surface area contributed by atoms with E-state index in [1.54, 1.807) is 12.1 Å². The number of aromatic nitrogens is 2. The molecule has 4 aromatic rings. The van der Waals surface area contributed by atoms with E-state index in [2.05, 4.69) is 65.2 Å². The third-order valence-corrected chi connectivity index (χ3v) is 9.03. The largest absolute Gasteiger partial charge is 0.344 e. The molecule has 0 amide bonds. The maximum absolute atomic E-state index is 11.8. The Balaban J connectivity index is 1.28. The standard InChI is InChI=1S/C29H32N4O2S/c1-19-26-14-28(22-8-12-25(13-9-22)36(3,34)35)32(2)29(26)15-27(31-19)21-6-4-20(5-7-21)17-33-18-23-10-11-24(33)16-30-23/h4-9,12-15,23-24,30H,10-11,16-18H2,1-3H3/t23-,24?/m1/s1. The predicted molar refractivity (Wildman–Crippen MR) is 145 cm³/mol. The normalized spacial score (nSPS) is 20.3. The van der Waals surface area contributed by atoms with Gasteiger partial charge in [-0.2, -0.15) is 0 Å². The van der Waals surface area contributed by atoms with Crippen molar-refractivity contribution in [3.05, 3.63) is 71.9 Å². The summed E-state index contributed by atoms with van der Waals surface area (Å²) >= 11 is 0. The average molecular weight is 501 g/mol. The number of pyridine rings is 1. The summed E-state index contributed by atoms with van der Waals surface area (Å²) in [5.41, 5.74) is 7.54. The van der Waals surface area contributed by atoms with E-state index in [1.807, 2.05) is 12.1 Å². The van der Waals surface area contributed by atoms with Gasteiger partial charge in [-0.3, -0.25) is 9.88 Å². The third kappa shape index (κ3) is 4.25. The van der Waals surface area contributed by atoms with Crippen LogP contribution in [-0.4, -0.2) is 54.3 Å². The second-order valence-corrected chi connectivity index (χ2v) is 12.4. The predicted octanol–water partition coefficient (Wildman–Crippen LogP) is 4.56. The minimum atomic E-state index is -3.22. The van der Waals surface area contributed by atoms with Crippen molar-refractivity contribution in [1.82, 2.24) is 19.8 Å². The zero-order valence-electron chi connectivity index (χ0n) is 21.0. The summed E-state index contributed by atoms with van der Waals surface area (Å²) in [5, 5.41) is 4.74. The Morgan fingerprint density at radius 2 is 1.72 bits per heavy atom. The van der Waals surface area contributed by atoms with E-state index >= 15 is 0 Å². The smallest absolute Gasteiger partial charge is 0.175 e. The molecule has 0 aliphatic carbocycles. The van der Waals surface area contributed by atoms with E-state index in [1.165, 1.54) is 24.7 Å². The number of hydrogen-bond acceptors (Lipinski definition) is 5. The molecule has 3 aliphatic rings. The van der Waals surface area contributed by atoms with Crippen LogP contribution in [0.2, 0.25) is 0 Å². The average Bonchev–Trinajstić information content (AvgIpc) is 3.22. The Hall–Kier alpha value is -3.00. The van der Waals surface area contributed by atoms with Gasteiger partial charge in [0.05, 0.1) is 16.1 Å². The van der Waals surface area contributed by atoms with Gasteiger partial charge in [0.15, 0.2) is 9.84 Å². The number of rotatable bonds is 5. The molecule has 6 nitrogen and oxygen atoms in total. The summed E-state index contributed by atoms with van der Waals surface area (Å²) < 4.78 is 25.8. The van der Waals surface area contributed by atoms with Crippen LogP contribution in [0.1, 0.15) is 24.1 Å². The number of fused-ring (bicyclic) bond motifs is 4. The van der Waals surface area contributed by atoms with Crippen molar-refractivity contribution < 1.29 is 8.42 Å². The van der Waals surface area contributed by atoms with Crippen LogP contribution in [0, 0.1) is 6.92 Å². The van der Waals surface area contributed by atoms with E-state index in [0.717, 1.165) is 58.7 Å². The molecule has 2 bridgehead atoms. The molecule has 0 saturated carbocycles. The molecule has 5 heterocycles. The minimum Gasteiger partial charge on any atom is -0.344 e. The van der Waals surface area contributed by atoms with Gasteiger partial charge >= 0.3 is 0 Å². The van der Waals surface area contributed by atoms with E-state index in [-0.39, 0.29) is 0 Å². The van der Waals surface area contributed by atoms with Crippen molar-refractivity contribution in [2.24, 2.45) is 7.05 Å². The molecule has 7 heteroatoms. The second-order valence-electron chi connectivity index (χ2n) is 10.4. The summed E-state index contributed by atoms with van der Waals surface area (Å²) in [5.74, 6) is 0. The molecule has 0 spiro atoms. The Kier molecular flexibility index (Phi) is 5.74. The molecule has 2 atom stereocenters. The molecule has 3 fully saturated rings. The van der Waals surface area contributed by atoms with Crippen molar-refractivity contribution >= 4 is 20.7 Å². The number of hydrogen-bond donors (Lipinski definition) is 1. The van der Waals surface area contributed by atoms with Crippen LogP contribution in [0.4, 0.5) is 0 Å². The Morgan fingerprint density at radius 3 is 2.33 bits per heavy atom. The second kappa shape index (κ2) is 8.83. The van der Waals surface area contributed by atoms with Crippen molar-refractivity contribution in [3.8, 4) is 22.5 Å². The van der Waals surface area contributed by atoms with Crippen LogP contribution < -0.4 is 5.32 Å². The highest BCUT2D eigenvalue weighted by atomic mass is 32.2. The lowest BCUT2D eigenvalue weighted by Gasteiger charge is -2.46. The maximum atomic E-state index is 11.8. The summed E-state index contributed by atoms with van der Waals surface area (Å²) in [4.78, 5) is 7.89. The van der Waals surface area contributed by atoms with Gasteiger partial charge in [-0.05, 0) is 55.2 Å². The molecule has 1 unspecified atom stereocenters. The lowest BCUT2D eigenvalue weighted by molar-refractivity contribution is 0.0685. The quantitative estimate of drug-likeness (QED) is 0.435. The zero-order valence-corrected chi connectivity index (χ0v) is 21.8. The van der Waals surface area contributed by atoms with Gasteiger partial charge in [-0.1, -0.05) is 36.4 Å². The van der Waals surface area contributed by atoms with Crippen LogP contribution in [0.3, 0.4) is 0 Å². The highest BCUT2D eigenvalue weighted by Gasteiger charge is 2.33. The van der Waals surface area contributed by atoms with Crippen LogP contribution in [-0.2, 0) is 23.4 Å². The molecule has 3 aliphatic heterocycles. The molecule has 186 valence electrons. The molecule has 1 N–H and O–H groups in total. The van der Waals surface area contributed by atoms with Gasteiger partial charge in [-0.15, -0.1) is 0 Å². The van der Waals surface area contributed by atoms with Gasteiger partial charge < -0.3 is 9.88 Å². The monoisotopic (exact) mass is 500 g/mol. The number of aryl methyl sites for hydroxylation is 2. The molecule has 2 aromatic carbocycles. The van der Waals surface area contributed by atoms with Crippen LogP contribution in [0.5, 0.6) is 0 Å². The summed E-state index contributed by atoms with van der Waals surface area (Å²) in [6, 6.07) is 21.6. The number of piperazine rings is 1. The van der Waals surface area contributed by atoms with Crippen molar-refractivity contribution in [3.63, 3.8) is 0 Å². The van der Waals surface area contributed by atoms with Gasteiger partial charge in [0.2, 0.25) is 0 Å². The molecule has 2 aromatic heterocycles. The highest BCUT2D eigenvalue weighted by Crippen LogP contribution is 2.32. The Bertz CT molecular complexity index is 1530. The fraction of sp³-hybridized carbons (Fsp3) is 0.345. The fourth-order valence-electron chi connectivity index (χ4n) is 5.79. The zero-order chi connectivity index (χ0) is 25.0. The van der Waals surface area contributed by atoms with Crippen LogP contribution >= 0.6 is 0 Å². The van der Waals surface area contributed by atoms with Crippen molar-refractivity contribution in [1.29, 1.82) is 0 Å². The Morgan fingerprint density at radius 1 is 1.00 bits per heavy atom. The van der Waals surface area contributed by atoms with Gasteiger partial charge in [0.1, 0.15) is 0 Å². The van der Waals surface area contributed by atoms with Gasteiger partial charge in [0, 0.05) is 67.4 Å². The minimum absolute atomic E-state index is 0.332. The number of nitrogens with zero attached hydrogens (tertiary/aromatic N) is 3. The maximum Gasteiger partial charge on any atom is 0.175 e. The Labute approximate surface area is 212 Å². The fourth-order valence-corrected chi connectivity index (χ4v) is 6.42. The number of sulfone groups is 1. The van der Waals surface area contributed by atoms with E-state index in [4.69, 9.17) is 4.98 Å². The summed E-state index contributed by atoms with van der Waals surface area (Å²) in [6.45, 7) is 5.33. The summed E-state index contributed by atoms with van der Waals surface area (Å²) in [6.07, 6.45) is 3.84. The molecular formula is C29H32N4O2S. The van der Waals surface area contributed by atoms with E-state index < -0.39 is 9.84 Å². The third-order valence-electron chi connectivity index (χ3n) is 7.91. The van der Waals surface area contributed by atoms with Crippen molar-refractivity contribution in [2.75, 3.05) is 19.3 Å². The van der Waals surface area contributed by atoms with Gasteiger partial charge in [-0.25, -0.2) is 8.42 Å². The van der Waals surface area contributed by atoms with E-state index in [9.17, 15) is 8.42 Å². The summed E-state index contributed by atoms with van der Waals surface area (Å²) in [7, 11) is -1.16. The first-order valence-corrected chi connectivity index (χ1v) is 14.5. The number of benzene rings is 2. The lowest BCUT2D eigenvalue weighted by Crippen LogP contribution is -2.60. The molecule has 0 radical (unpaired) electrons. The topological polar surface area (TPSA) is 67.2 Å². The highest BCUT2D eigenvalue weighted by molar-refractivity contribution is 7.90. The number of nitrogens with one attached hydrogen (secondary N) is 1. The molecule has 7 rings (SSSR count). The molecule has 3 saturated heterocycles. The SMILES string of the molecule is Cc1nc(-c2ccc(CN3C[C@H]4CCC3CN4)cc2)cc2c1cc(-c1ccc(S(C)(=O)=O)cc1)n2C. The van der Waals surface area contributed by atoms with Crippen LogP contribution in [0.15, 0.2) is 65.6 Å². The van der Waals surface area contributed by atoms with Crippen LogP contribution in [0.25, 0.3) is 33.4 Å².